The molecule has 1 atom stereocenters. The summed E-state index contributed by atoms with van der Waals surface area (Å²) in [6, 6.07) is 0. The van der Waals surface area contributed by atoms with Crippen LogP contribution >= 0.6 is 0 Å². The van der Waals surface area contributed by atoms with Gasteiger partial charge in [0.1, 0.15) is 5.02 Å². The van der Waals surface area contributed by atoms with Crippen LogP contribution < -0.4 is 9.85 Å². The molecule has 1 N–H and O–H groups in total. The summed E-state index contributed by atoms with van der Waals surface area (Å²) in [4.78, 5) is 28.3. The molecule has 0 spiro atoms. The molecule has 2 heterocycles. The van der Waals surface area contributed by atoms with Crippen molar-refractivity contribution < 1.29 is 33.6 Å². The number of hydrogen-bond donors (Lipinski definition) is 1. The van der Waals surface area contributed by atoms with Gasteiger partial charge in [-0.1, -0.05) is 0 Å². The Labute approximate surface area is 120 Å². The highest BCUT2D eigenvalue weighted by molar-refractivity contribution is 5.70. The fourth-order valence-corrected chi connectivity index (χ4v) is 1.93. The first-order valence-corrected chi connectivity index (χ1v) is 6.69. The minimum atomic E-state index is -0.831. The summed E-state index contributed by atoms with van der Waals surface area (Å²) in [5.41, 5.74) is 0. The first-order chi connectivity index (χ1) is 9.97. The van der Waals surface area contributed by atoms with Crippen LogP contribution in [0.3, 0.4) is 0 Å². The summed E-state index contributed by atoms with van der Waals surface area (Å²) in [6.07, 6.45) is 0.294. The molecule has 1 saturated heterocycles. The van der Waals surface area contributed by atoms with E-state index in [1.54, 1.807) is 18.9 Å². The molecule has 1 unspecified atom stereocenters. The lowest BCUT2D eigenvalue weighted by Gasteiger charge is -2.26. The topological polar surface area (TPSA) is 108 Å². The molecule has 120 valence electrons. The van der Waals surface area contributed by atoms with Crippen LogP contribution in [0.2, 0.25) is 0 Å². The smallest absolute Gasteiger partial charge is 0.481 e. The van der Waals surface area contributed by atoms with Gasteiger partial charge in [0, 0.05) is 11.5 Å². The minimum Gasteiger partial charge on any atom is -0.481 e. The van der Waals surface area contributed by atoms with Crippen LogP contribution in [0.1, 0.15) is 26.7 Å². The normalized spacial score (nSPS) is 18.8. The Hall–Kier alpha value is -2.26. The predicted octanol–water partition coefficient (Wildman–Crippen LogP) is 0.263. The van der Waals surface area contributed by atoms with E-state index in [1.807, 2.05) is 0 Å². The van der Waals surface area contributed by atoms with Crippen molar-refractivity contribution in [3.8, 4) is 0 Å². The Morgan fingerprint density at radius 2 is 2.19 bits per heavy atom. The maximum atomic E-state index is 11.1. The predicted molar refractivity (Wildman–Crippen MR) is 67.1 cm³/mol. The average Bonchev–Trinajstić information content (AvgIpc) is 3.17. The van der Waals surface area contributed by atoms with Crippen molar-refractivity contribution in [3.05, 3.63) is 0 Å². The third kappa shape index (κ3) is 4.36. The second-order valence-corrected chi connectivity index (χ2v) is 4.97. The quantitative estimate of drug-likeness (QED) is 0.589. The fraction of sp³-hybridized carbons (Fsp3) is 0.818. The Balaban J connectivity index is 1.70. The molecule has 0 amide bonds. The molecule has 0 saturated carbocycles. The van der Waals surface area contributed by atoms with Crippen molar-refractivity contribution >= 4 is 12.1 Å². The highest BCUT2D eigenvalue weighted by Crippen LogP contribution is 2.16. The SMILES string of the molecule is CC(C)OC(=O)OCOn1on1N1CCCC(C(=O)O)C1. The second-order valence-electron chi connectivity index (χ2n) is 4.97. The molecule has 1 aromatic heterocycles. The van der Waals surface area contributed by atoms with Gasteiger partial charge in [0.2, 0.25) is 0 Å². The van der Waals surface area contributed by atoms with Crippen LogP contribution in [0, 0.1) is 5.92 Å². The number of aliphatic carboxylic acids is 1. The number of aromatic nitrogens is 2. The Bertz CT molecular complexity index is 475. The maximum absolute atomic E-state index is 11.1. The van der Waals surface area contributed by atoms with E-state index in [4.69, 9.17) is 19.3 Å². The molecular weight excluding hydrogens is 286 g/mol. The van der Waals surface area contributed by atoms with Crippen LogP contribution in [0.5, 0.6) is 0 Å². The van der Waals surface area contributed by atoms with Gasteiger partial charge in [0.05, 0.1) is 18.6 Å². The van der Waals surface area contributed by atoms with Crippen molar-refractivity contribution in [2.24, 2.45) is 5.92 Å². The average molecular weight is 305 g/mol. The van der Waals surface area contributed by atoms with Crippen LogP contribution in [0.25, 0.3) is 0 Å². The summed E-state index contributed by atoms with van der Waals surface area (Å²) in [5.74, 6) is -1.25. The molecule has 21 heavy (non-hydrogen) atoms. The molecule has 10 heteroatoms. The van der Waals surface area contributed by atoms with E-state index in [0.717, 1.165) is 11.4 Å². The van der Waals surface area contributed by atoms with E-state index in [-0.39, 0.29) is 12.9 Å². The lowest BCUT2D eigenvalue weighted by atomic mass is 10.00. The lowest BCUT2D eigenvalue weighted by Crippen LogP contribution is -2.44. The van der Waals surface area contributed by atoms with Gasteiger partial charge in [0.15, 0.2) is 0 Å². The van der Waals surface area contributed by atoms with Crippen molar-refractivity contribution in [1.29, 1.82) is 0 Å². The highest BCUT2D eigenvalue weighted by atomic mass is 17.0. The van der Waals surface area contributed by atoms with Gasteiger partial charge in [-0.25, -0.2) is 4.79 Å². The summed E-state index contributed by atoms with van der Waals surface area (Å²) < 4.78 is 14.4. The van der Waals surface area contributed by atoms with E-state index in [1.165, 1.54) is 4.96 Å². The number of piperidine rings is 1. The Morgan fingerprint density at radius 3 is 2.86 bits per heavy atom. The first kappa shape index (κ1) is 15.1. The van der Waals surface area contributed by atoms with Gasteiger partial charge in [0.25, 0.3) is 6.79 Å². The molecule has 10 nitrogen and oxygen atoms in total. The summed E-state index contributed by atoms with van der Waals surface area (Å²) in [7, 11) is 0. The van der Waals surface area contributed by atoms with Gasteiger partial charge in [-0.15, -0.1) is 0 Å². The molecule has 0 aromatic carbocycles. The Morgan fingerprint density at radius 1 is 1.43 bits per heavy atom. The molecule has 1 aliphatic rings. The fourth-order valence-electron chi connectivity index (χ4n) is 1.93. The first-order valence-electron chi connectivity index (χ1n) is 6.69. The van der Waals surface area contributed by atoms with Crippen molar-refractivity contribution in [2.75, 3.05) is 24.9 Å². The molecular formula is C11H19N3O7. The minimum absolute atomic E-state index is 0.271. The third-order valence-electron chi connectivity index (χ3n) is 2.92. The monoisotopic (exact) mass is 305 g/mol. The molecule has 0 radical (unpaired) electrons. The molecule has 2 rings (SSSR count). The summed E-state index contributed by atoms with van der Waals surface area (Å²) in [6.45, 7) is 4.04. The standard InChI is InChI=1S/C11H19N3O7/c1-8(2)20-11(17)18-7-19-14-13(21-14)12-5-3-4-9(6-12)10(15)16/h8-9H,3-7H2,1-2H3,(H,15,16). The maximum Gasteiger partial charge on any atom is 0.511 e. The molecule has 1 aromatic rings. The van der Waals surface area contributed by atoms with Crippen molar-refractivity contribution in [2.45, 2.75) is 32.8 Å². The van der Waals surface area contributed by atoms with Crippen molar-refractivity contribution in [1.82, 2.24) is 9.98 Å². The van der Waals surface area contributed by atoms with E-state index in [0.29, 0.717) is 19.5 Å². The summed E-state index contributed by atoms with van der Waals surface area (Å²) >= 11 is 0. The number of hydrogen-bond acceptors (Lipinski definition) is 7. The number of nitrogens with zero attached hydrogens (tertiary/aromatic N) is 3. The Kier molecular flexibility index (Phi) is 4.66. The van der Waals surface area contributed by atoms with E-state index in [9.17, 15) is 9.59 Å². The highest BCUT2D eigenvalue weighted by Gasteiger charge is 2.30. The zero-order valence-corrected chi connectivity index (χ0v) is 11.9. The van der Waals surface area contributed by atoms with E-state index in [2.05, 4.69) is 4.74 Å². The van der Waals surface area contributed by atoms with Gasteiger partial charge < -0.3 is 19.4 Å². The molecule has 1 fully saturated rings. The van der Waals surface area contributed by atoms with Crippen LogP contribution in [-0.2, 0) is 14.3 Å². The van der Waals surface area contributed by atoms with Gasteiger partial charge in [-0.05, 0) is 26.7 Å². The zero-order chi connectivity index (χ0) is 15.4. The number of carbonyl (C=O) groups excluding carboxylic acids is 1. The number of rotatable bonds is 6. The zero-order valence-electron chi connectivity index (χ0n) is 11.9. The number of carboxylic acids is 1. The van der Waals surface area contributed by atoms with Gasteiger partial charge in [-0.2, -0.15) is 4.63 Å². The van der Waals surface area contributed by atoms with E-state index >= 15 is 0 Å². The van der Waals surface area contributed by atoms with Crippen molar-refractivity contribution in [3.63, 3.8) is 0 Å². The second kappa shape index (κ2) is 6.46. The third-order valence-corrected chi connectivity index (χ3v) is 2.92. The number of carbonyl (C=O) groups is 2. The van der Waals surface area contributed by atoms with Crippen LogP contribution in [-0.4, -0.2) is 53.2 Å². The van der Waals surface area contributed by atoms with Crippen LogP contribution in [0.4, 0.5) is 4.79 Å². The van der Waals surface area contributed by atoms with Gasteiger partial charge in [-0.3, -0.25) is 9.80 Å². The van der Waals surface area contributed by atoms with Crippen LogP contribution in [0.15, 0.2) is 4.63 Å². The number of ether oxygens (including phenoxy) is 2. The molecule has 1 aliphatic heterocycles. The van der Waals surface area contributed by atoms with Gasteiger partial charge >= 0.3 is 12.1 Å². The molecule has 0 bridgehead atoms. The summed E-state index contributed by atoms with van der Waals surface area (Å²) in [5, 5.41) is 11.7. The lowest BCUT2D eigenvalue weighted by molar-refractivity contribution is -0.142. The molecule has 0 aliphatic carbocycles. The van der Waals surface area contributed by atoms with E-state index < -0.39 is 18.0 Å². The number of carboxylic acid groups (broad SMARTS) is 1. The largest absolute Gasteiger partial charge is 0.511 e.